The Morgan fingerprint density at radius 1 is 1.05 bits per heavy atom. The Morgan fingerprint density at radius 2 is 1.68 bits per heavy atom. The van der Waals surface area contributed by atoms with Gasteiger partial charge in [-0.1, -0.05) is 12.1 Å². The molecule has 0 aliphatic heterocycles. The highest BCUT2D eigenvalue weighted by Gasteiger charge is 2.15. The van der Waals surface area contributed by atoms with E-state index in [-0.39, 0.29) is 30.8 Å². The van der Waals surface area contributed by atoms with Gasteiger partial charge >= 0.3 is 0 Å². The zero-order chi connectivity index (χ0) is 16.7. The first-order chi connectivity index (χ1) is 10.3. The van der Waals surface area contributed by atoms with Gasteiger partial charge < -0.3 is 10.2 Å². The molecule has 0 radical (unpaired) electrons. The number of rotatable bonds is 5. The van der Waals surface area contributed by atoms with E-state index in [1.54, 1.807) is 7.05 Å². The van der Waals surface area contributed by atoms with Crippen molar-refractivity contribution in [1.29, 1.82) is 0 Å². The standard InChI is InChI=1S/C15H22N4O3/c1-10-6-5-7-13(11(10)2)16-14(21)8-19(4)9-15(22)18-17-12(3)20/h5-7H,8-9H2,1-4H3,(H,16,21)(H,17,20)(H,18,22)/p+1. The fourth-order valence-corrected chi connectivity index (χ4v) is 1.89. The Labute approximate surface area is 130 Å². The minimum Gasteiger partial charge on any atom is -0.322 e. The number of anilines is 1. The molecule has 0 saturated carbocycles. The van der Waals surface area contributed by atoms with Crippen molar-refractivity contribution in [3.05, 3.63) is 29.3 Å². The number of hydrogen-bond acceptors (Lipinski definition) is 3. The molecule has 0 fully saturated rings. The summed E-state index contributed by atoms with van der Waals surface area (Å²) in [5.74, 6) is -0.871. The van der Waals surface area contributed by atoms with Gasteiger partial charge in [0.15, 0.2) is 13.1 Å². The molecule has 0 heterocycles. The lowest BCUT2D eigenvalue weighted by Gasteiger charge is -2.15. The molecule has 0 aromatic heterocycles. The van der Waals surface area contributed by atoms with Gasteiger partial charge in [-0.05, 0) is 31.0 Å². The van der Waals surface area contributed by atoms with Gasteiger partial charge in [-0.3, -0.25) is 25.2 Å². The first kappa shape index (κ1) is 17.6. The highest BCUT2D eigenvalue weighted by atomic mass is 16.2. The third-order valence-corrected chi connectivity index (χ3v) is 3.18. The summed E-state index contributed by atoms with van der Waals surface area (Å²) in [5, 5.41) is 2.84. The van der Waals surface area contributed by atoms with Crippen LogP contribution in [0.3, 0.4) is 0 Å². The number of carbonyl (C=O) groups is 3. The molecule has 120 valence electrons. The predicted molar refractivity (Wildman–Crippen MR) is 83.1 cm³/mol. The Kier molecular flexibility index (Phi) is 6.52. The van der Waals surface area contributed by atoms with Crippen molar-refractivity contribution in [2.45, 2.75) is 20.8 Å². The van der Waals surface area contributed by atoms with E-state index in [4.69, 9.17) is 0 Å². The van der Waals surface area contributed by atoms with Crippen molar-refractivity contribution in [1.82, 2.24) is 10.9 Å². The summed E-state index contributed by atoms with van der Waals surface area (Å²) in [7, 11) is 1.73. The Morgan fingerprint density at radius 3 is 2.32 bits per heavy atom. The zero-order valence-electron chi connectivity index (χ0n) is 13.4. The minimum atomic E-state index is -0.354. The summed E-state index contributed by atoms with van der Waals surface area (Å²) in [6, 6.07) is 5.71. The second-order valence-corrected chi connectivity index (χ2v) is 5.34. The fourth-order valence-electron chi connectivity index (χ4n) is 1.89. The van der Waals surface area contributed by atoms with Crippen LogP contribution in [0.5, 0.6) is 0 Å². The van der Waals surface area contributed by atoms with Gasteiger partial charge in [0.2, 0.25) is 5.91 Å². The summed E-state index contributed by atoms with van der Waals surface area (Å²) in [5.41, 5.74) is 7.37. The predicted octanol–water partition coefficient (Wildman–Crippen LogP) is -1.08. The Balaban J connectivity index is 2.46. The van der Waals surface area contributed by atoms with Crippen molar-refractivity contribution < 1.29 is 19.3 Å². The van der Waals surface area contributed by atoms with Gasteiger partial charge in [0.05, 0.1) is 7.05 Å². The van der Waals surface area contributed by atoms with E-state index in [0.29, 0.717) is 4.90 Å². The third-order valence-electron chi connectivity index (χ3n) is 3.18. The molecular formula is C15H23N4O3+. The van der Waals surface area contributed by atoms with Crippen molar-refractivity contribution in [3.8, 4) is 0 Å². The highest BCUT2D eigenvalue weighted by molar-refractivity contribution is 5.92. The summed E-state index contributed by atoms with van der Waals surface area (Å²) in [6.45, 7) is 5.47. The van der Waals surface area contributed by atoms with Crippen LogP contribution >= 0.6 is 0 Å². The lowest BCUT2D eigenvalue weighted by atomic mass is 10.1. The first-order valence-corrected chi connectivity index (χ1v) is 7.02. The number of likely N-dealkylation sites (N-methyl/N-ethyl adjacent to an activating group) is 1. The number of quaternary nitrogens is 1. The fraction of sp³-hybridized carbons (Fsp3) is 0.400. The van der Waals surface area contributed by atoms with Crippen LogP contribution in [0.4, 0.5) is 5.69 Å². The van der Waals surface area contributed by atoms with Crippen LogP contribution in [0.2, 0.25) is 0 Å². The molecule has 0 saturated heterocycles. The summed E-state index contributed by atoms with van der Waals surface area (Å²) >= 11 is 0. The molecule has 22 heavy (non-hydrogen) atoms. The second-order valence-electron chi connectivity index (χ2n) is 5.34. The quantitative estimate of drug-likeness (QED) is 0.522. The zero-order valence-corrected chi connectivity index (χ0v) is 13.4. The number of carbonyl (C=O) groups excluding carboxylic acids is 3. The second kappa shape index (κ2) is 8.14. The number of hydrazine groups is 1. The normalized spacial score (nSPS) is 11.5. The molecule has 0 aliphatic rings. The maximum absolute atomic E-state index is 12.0. The van der Waals surface area contributed by atoms with Gasteiger partial charge in [0, 0.05) is 12.6 Å². The van der Waals surface area contributed by atoms with E-state index >= 15 is 0 Å². The molecular weight excluding hydrogens is 284 g/mol. The highest BCUT2D eigenvalue weighted by Crippen LogP contribution is 2.17. The SMILES string of the molecule is CC(=O)NNC(=O)C[NH+](C)CC(=O)Nc1cccc(C)c1C. The van der Waals surface area contributed by atoms with E-state index in [2.05, 4.69) is 16.2 Å². The molecule has 1 atom stereocenters. The summed E-state index contributed by atoms with van der Waals surface area (Å²) in [6.07, 6.45) is 0. The van der Waals surface area contributed by atoms with Gasteiger partial charge in [-0.15, -0.1) is 0 Å². The first-order valence-electron chi connectivity index (χ1n) is 7.02. The van der Waals surface area contributed by atoms with Crippen LogP contribution in [0.15, 0.2) is 18.2 Å². The van der Waals surface area contributed by atoms with E-state index < -0.39 is 0 Å². The molecule has 3 amide bonds. The van der Waals surface area contributed by atoms with Crippen LogP contribution in [-0.4, -0.2) is 37.9 Å². The van der Waals surface area contributed by atoms with E-state index in [9.17, 15) is 14.4 Å². The average Bonchev–Trinajstić information content (AvgIpc) is 2.41. The molecule has 1 unspecified atom stereocenters. The molecule has 4 N–H and O–H groups in total. The molecule has 7 heteroatoms. The summed E-state index contributed by atoms with van der Waals surface area (Å²) in [4.78, 5) is 34.9. The maximum Gasteiger partial charge on any atom is 0.293 e. The van der Waals surface area contributed by atoms with Crippen molar-refractivity contribution in [2.75, 3.05) is 25.5 Å². The van der Waals surface area contributed by atoms with E-state index in [1.807, 2.05) is 32.0 Å². The van der Waals surface area contributed by atoms with Crippen LogP contribution in [0, 0.1) is 13.8 Å². The van der Waals surface area contributed by atoms with Crippen LogP contribution < -0.4 is 21.1 Å². The molecule has 0 bridgehead atoms. The smallest absolute Gasteiger partial charge is 0.293 e. The topological polar surface area (TPSA) is 91.7 Å². The minimum absolute atomic E-state index is 0.0838. The lowest BCUT2D eigenvalue weighted by Crippen LogP contribution is -3.11. The van der Waals surface area contributed by atoms with E-state index in [0.717, 1.165) is 16.8 Å². The van der Waals surface area contributed by atoms with Crippen molar-refractivity contribution in [3.63, 3.8) is 0 Å². The van der Waals surface area contributed by atoms with Gasteiger partial charge in [-0.2, -0.15) is 0 Å². The molecule has 0 aliphatic carbocycles. The Hall–Kier alpha value is -2.41. The molecule has 1 aromatic carbocycles. The van der Waals surface area contributed by atoms with Crippen molar-refractivity contribution >= 4 is 23.4 Å². The third kappa shape index (κ3) is 5.92. The average molecular weight is 307 g/mol. The summed E-state index contributed by atoms with van der Waals surface area (Å²) < 4.78 is 0. The van der Waals surface area contributed by atoms with Crippen LogP contribution in [-0.2, 0) is 14.4 Å². The monoisotopic (exact) mass is 307 g/mol. The van der Waals surface area contributed by atoms with Gasteiger partial charge in [0.25, 0.3) is 11.8 Å². The van der Waals surface area contributed by atoms with Crippen LogP contribution in [0.1, 0.15) is 18.1 Å². The number of benzene rings is 1. The van der Waals surface area contributed by atoms with Crippen LogP contribution in [0.25, 0.3) is 0 Å². The van der Waals surface area contributed by atoms with Gasteiger partial charge in [-0.25, -0.2) is 0 Å². The molecule has 1 aromatic rings. The number of aryl methyl sites for hydroxylation is 1. The molecule has 0 spiro atoms. The number of nitrogens with one attached hydrogen (secondary N) is 4. The van der Waals surface area contributed by atoms with E-state index in [1.165, 1.54) is 6.92 Å². The lowest BCUT2D eigenvalue weighted by molar-refractivity contribution is -0.862. The maximum atomic E-state index is 12.0. The number of amides is 3. The molecule has 7 nitrogen and oxygen atoms in total. The largest absolute Gasteiger partial charge is 0.322 e. The Bertz CT molecular complexity index is 572. The number of hydrogen-bond donors (Lipinski definition) is 4. The molecule has 1 rings (SSSR count). The van der Waals surface area contributed by atoms with Crippen molar-refractivity contribution in [2.24, 2.45) is 0 Å². The van der Waals surface area contributed by atoms with Gasteiger partial charge in [0.1, 0.15) is 0 Å².